The highest BCUT2D eigenvalue weighted by Gasteiger charge is 2.21. The van der Waals surface area contributed by atoms with Crippen LogP contribution in [0.15, 0.2) is 4.79 Å². The van der Waals surface area contributed by atoms with Gasteiger partial charge in [0, 0.05) is 25.3 Å². The second-order valence-corrected chi connectivity index (χ2v) is 3.89. The van der Waals surface area contributed by atoms with Crippen LogP contribution in [0.25, 0.3) is 0 Å². The number of imidazole rings is 1. The zero-order chi connectivity index (χ0) is 10.1. The molecule has 0 bridgehead atoms. The number of hydrogen-bond acceptors (Lipinski definition) is 3. The maximum atomic E-state index is 11.1. The van der Waals surface area contributed by atoms with Crippen molar-refractivity contribution in [2.24, 2.45) is 0 Å². The van der Waals surface area contributed by atoms with E-state index in [9.17, 15) is 4.79 Å². The number of piperazine rings is 1. The molecule has 2 heterocycles. The number of H-pyrrole nitrogens is 2. The molecule has 1 saturated heterocycles. The highest BCUT2D eigenvalue weighted by atomic mass is 16.1. The van der Waals surface area contributed by atoms with Crippen LogP contribution in [0.5, 0.6) is 0 Å². The molecule has 0 aromatic carbocycles. The maximum Gasteiger partial charge on any atom is 0.323 e. The Bertz CT molecular complexity index is 367. The Morgan fingerprint density at radius 1 is 1.43 bits per heavy atom. The highest BCUT2D eigenvalue weighted by Crippen LogP contribution is 2.15. The van der Waals surface area contributed by atoms with Gasteiger partial charge in [0.15, 0.2) is 0 Å². The van der Waals surface area contributed by atoms with Crippen LogP contribution >= 0.6 is 0 Å². The standard InChI is InChI=1S/C9H16N4O/c1-6-8(12-9(14)11-6)7-5-13(2)4-3-10-7/h7,10H,3-5H2,1-2H3,(H2,11,12,14). The lowest BCUT2D eigenvalue weighted by Crippen LogP contribution is -2.44. The fourth-order valence-corrected chi connectivity index (χ4v) is 1.92. The number of likely N-dealkylation sites (N-methyl/N-ethyl adjacent to an activating group) is 1. The highest BCUT2D eigenvalue weighted by molar-refractivity contribution is 5.15. The van der Waals surface area contributed by atoms with Crippen LogP contribution in [0, 0.1) is 6.92 Å². The van der Waals surface area contributed by atoms with Crippen molar-refractivity contribution in [3.05, 3.63) is 21.9 Å². The van der Waals surface area contributed by atoms with Crippen molar-refractivity contribution in [2.75, 3.05) is 26.7 Å². The van der Waals surface area contributed by atoms with Crippen LogP contribution in [0.3, 0.4) is 0 Å². The zero-order valence-electron chi connectivity index (χ0n) is 8.55. The molecule has 1 aromatic heterocycles. The molecule has 0 spiro atoms. The van der Waals surface area contributed by atoms with E-state index >= 15 is 0 Å². The first-order valence-corrected chi connectivity index (χ1v) is 4.87. The summed E-state index contributed by atoms with van der Waals surface area (Å²) in [6.07, 6.45) is 0. The molecule has 1 unspecified atom stereocenters. The fourth-order valence-electron chi connectivity index (χ4n) is 1.92. The molecular formula is C9H16N4O. The summed E-state index contributed by atoms with van der Waals surface area (Å²) in [4.78, 5) is 18.9. The van der Waals surface area contributed by atoms with E-state index in [1.807, 2.05) is 6.92 Å². The molecule has 0 aliphatic carbocycles. The average molecular weight is 196 g/mol. The van der Waals surface area contributed by atoms with Crippen LogP contribution in [-0.4, -0.2) is 41.5 Å². The number of aromatic amines is 2. The van der Waals surface area contributed by atoms with Gasteiger partial charge in [-0.25, -0.2) is 4.79 Å². The lowest BCUT2D eigenvalue weighted by atomic mass is 10.1. The number of aromatic nitrogens is 2. The fraction of sp³-hybridized carbons (Fsp3) is 0.667. The van der Waals surface area contributed by atoms with E-state index in [0.29, 0.717) is 0 Å². The second kappa shape index (κ2) is 3.59. The minimum atomic E-state index is -0.118. The number of nitrogens with zero attached hydrogens (tertiary/aromatic N) is 1. The molecule has 1 aromatic rings. The third-order valence-electron chi connectivity index (χ3n) is 2.68. The Labute approximate surface area is 82.5 Å². The van der Waals surface area contributed by atoms with Crippen LogP contribution in [-0.2, 0) is 0 Å². The van der Waals surface area contributed by atoms with E-state index in [1.54, 1.807) is 0 Å². The van der Waals surface area contributed by atoms with Crippen LogP contribution in [0.4, 0.5) is 0 Å². The monoisotopic (exact) mass is 196 g/mol. The van der Waals surface area contributed by atoms with E-state index in [2.05, 4.69) is 27.2 Å². The van der Waals surface area contributed by atoms with Gasteiger partial charge in [-0.3, -0.25) is 0 Å². The van der Waals surface area contributed by atoms with Crippen molar-refractivity contribution in [3.63, 3.8) is 0 Å². The van der Waals surface area contributed by atoms with Crippen molar-refractivity contribution in [1.82, 2.24) is 20.2 Å². The Morgan fingerprint density at radius 2 is 2.21 bits per heavy atom. The molecule has 1 aliphatic heterocycles. The molecule has 0 radical (unpaired) electrons. The first-order chi connectivity index (χ1) is 6.66. The molecular weight excluding hydrogens is 180 g/mol. The lowest BCUT2D eigenvalue weighted by molar-refractivity contribution is 0.238. The van der Waals surface area contributed by atoms with E-state index in [1.165, 1.54) is 0 Å². The number of rotatable bonds is 1. The molecule has 0 saturated carbocycles. The molecule has 5 heteroatoms. The summed E-state index contributed by atoms with van der Waals surface area (Å²) in [6.45, 7) is 4.89. The normalized spacial score (nSPS) is 24.0. The van der Waals surface area contributed by atoms with E-state index in [4.69, 9.17) is 0 Å². The Balaban J connectivity index is 2.21. The number of aryl methyl sites for hydroxylation is 1. The quantitative estimate of drug-likeness (QED) is 0.572. The van der Waals surface area contributed by atoms with Gasteiger partial charge in [0.05, 0.1) is 11.7 Å². The number of hydrogen-bond donors (Lipinski definition) is 3. The van der Waals surface area contributed by atoms with Gasteiger partial charge in [-0.15, -0.1) is 0 Å². The SMILES string of the molecule is Cc1[nH]c(=O)[nH]c1C1CN(C)CCN1. The summed E-state index contributed by atoms with van der Waals surface area (Å²) >= 11 is 0. The smallest absolute Gasteiger partial charge is 0.310 e. The molecule has 78 valence electrons. The maximum absolute atomic E-state index is 11.1. The van der Waals surface area contributed by atoms with Gasteiger partial charge in [-0.1, -0.05) is 0 Å². The van der Waals surface area contributed by atoms with Crippen molar-refractivity contribution in [3.8, 4) is 0 Å². The topological polar surface area (TPSA) is 63.9 Å². The first kappa shape index (κ1) is 9.48. The van der Waals surface area contributed by atoms with Crippen molar-refractivity contribution < 1.29 is 0 Å². The summed E-state index contributed by atoms with van der Waals surface area (Å²) in [5.41, 5.74) is 1.80. The summed E-state index contributed by atoms with van der Waals surface area (Å²) < 4.78 is 0. The van der Waals surface area contributed by atoms with Crippen LogP contribution < -0.4 is 11.0 Å². The zero-order valence-corrected chi connectivity index (χ0v) is 8.55. The van der Waals surface area contributed by atoms with E-state index < -0.39 is 0 Å². The molecule has 1 fully saturated rings. The van der Waals surface area contributed by atoms with Gasteiger partial charge < -0.3 is 20.2 Å². The Hall–Kier alpha value is -1.07. The molecule has 1 aliphatic rings. The van der Waals surface area contributed by atoms with Crippen molar-refractivity contribution >= 4 is 0 Å². The largest absolute Gasteiger partial charge is 0.323 e. The van der Waals surface area contributed by atoms with Gasteiger partial charge in [0.2, 0.25) is 0 Å². The summed E-state index contributed by atoms with van der Waals surface area (Å²) in [6, 6.07) is 0.243. The van der Waals surface area contributed by atoms with Gasteiger partial charge in [-0.05, 0) is 14.0 Å². The molecule has 5 nitrogen and oxygen atoms in total. The summed E-state index contributed by atoms with van der Waals surface area (Å²) in [5.74, 6) is 0. The Kier molecular flexibility index (Phi) is 2.43. The number of nitrogens with one attached hydrogen (secondary N) is 3. The van der Waals surface area contributed by atoms with Crippen molar-refractivity contribution in [2.45, 2.75) is 13.0 Å². The van der Waals surface area contributed by atoms with Gasteiger partial charge in [0.25, 0.3) is 0 Å². The summed E-state index contributed by atoms with van der Waals surface area (Å²) in [5, 5.41) is 3.39. The van der Waals surface area contributed by atoms with Crippen LogP contribution in [0.2, 0.25) is 0 Å². The van der Waals surface area contributed by atoms with Crippen molar-refractivity contribution in [1.29, 1.82) is 0 Å². The van der Waals surface area contributed by atoms with E-state index in [-0.39, 0.29) is 11.7 Å². The molecule has 3 N–H and O–H groups in total. The third kappa shape index (κ3) is 1.73. The first-order valence-electron chi connectivity index (χ1n) is 4.87. The predicted octanol–water partition coefficient (Wildman–Crippen LogP) is -0.412. The lowest BCUT2D eigenvalue weighted by Gasteiger charge is -2.30. The van der Waals surface area contributed by atoms with E-state index in [0.717, 1.165) is 31.0 Å². The molecule has 2 rings (SSSR count). The third-order valence-corrected chi connectivity index (χ3v) is 2.68. The van der Waals surface area contributed by atoms with Crippen LogP contribution in [0.1, 0.15) is 17.4 Å². The second-order valence-electron chi connectivity index (χ2n) is 3.89. The Morgan fingerprint density at radius 3 is 2.79 bits per heavy atom. The molecule has 1 atom stereocenters. The minimum absolute atomic E-state index is 0.118. The predicted molar refractivity (Wildman–Crippen MR) is 54.4 cm³/mol. The minimum Gasteiger partial charge on any atom is -0.310 e. The van der Waals surface area contributed by atoms with Gasteiger partial charge in [-0.2, -0.15) is 0 Å². The van der Waals surface area contributed by atoms with Gasteiger partial charge >= 0.3 is 5.69 Å². The summed E-state index contributed by atoms with van der Waals surface area (Å²) in [7, 11) is 2.09. The van der Waals surface area contributed by atoms with Gasteiger partial charge in [0.1, 0.15) is 0 Å². The molecule has 14 heavy (non-hydrogen) atoms. The molecule has 0 amide bonds. The average Bonchev–Trinajstić information content (AvgIpc) is 2.45.